The molecule has 31 nitrogen and oxygen atoms in total. The number of aromatic carboxylic acids is 6. The molecule has 0 amide bonds. The predicted molar refractivity (Wildman–Crippen MR) is 583 cm³/mol. The van der Waals surface area contributed by atoms with E-state index in [0.29, 0.717) is 114 Å². The summed E-state index contributed by atoms with van der Waals surface area (Å²) in [6.45, 7) is 19.6. The lowest BCUT2D eigenvalue weighted by molar-refractivity contribution is 0.0691. The minimum absolute atomic E-state index is 0.196. The van der Waals surface area contributed by atoms with Gasteiger partial charge in [-0.25, -0.2) is 97.4 Å². The maximum Gasteiger partial charge on any atom is 0.346 e. The molecule has 0 atom stereocenters. The molecular formula is C108H107F2N19O12S6. The minimum atomic E-state index is -0.997. The molecule has 22 rings (SSSR count). The van der Waals surface area contributed by atoms with E-state index in [1.54, 1.807) is 60.9 Å². The number of pyridine rings is 1. The van der Waals surface area contributed by atoms with E-state index in [1.807, 2.05) is 75.6 Å². The largest absolute Gasteiger partial charge is 0.477 e. The number of thiophene rings is 6. The van der Waals surface area contributed by atoms with E-state index >= 15 is 0 Å². The molecule has 2 aliphatic heterocycles. The summed E-state index contributed by atoms with van der Waals surface area (Å²) >= 11 is 6.93. The van der Waals surface area contributed by atoms with Gasteiger partial charge in [-0.1, -0.05) is 87.7 Å². The number of anilines is 7. The number of carbonyl (C=O) groups is 6. The summed E-state index contributed by atoms with van der Waals surface area (Å²) in [5.41, 5.74) is 14.1. The molecule has 13 aromatic heterocycles. The molecule has 2 aliphatic carbocycles. The van der Waals surface area contributed by atoms with Gasteiger partial charge in [-0.2, -0.15) is 0 Å². The molecule has 6 N–H and O–H groups in total. The van der Waals surface area contributed by atoms with Gasteiger partial charge in [0.05, 0.1) is 11.4 Å². The van der Waals surface area contributed by atoms with Crippen molar-refractivity contribution in [3.63, 3.8) is 0 Å². The Bertz CT molecular complexity index is 7960. The Morgan fingerprint density at radius 1 is 0.361 bits per heavy atom. The van der Waals surface area contributed by atoms with Gasteiger partial charge in [-0.3, -0.25) is 4.98 Å². The lowest BCUT2D eigenvalue weighted by Crippen LogP contribution is -2.31. The topological polar surface area (TPSA) is 411 Å². The number of halogens is 2. The highest BCUT2D eigenvalue weighted by molar-refractivity contribution is 7.22. The molecule has 0 bridgehead atoms. The summed E-state index contributed by atoms with van der Waals surface area (Å²) in [6, 6.07) is 49.3. The molecule has 3 fully saturated rings. The lowest BCUT2D eigenvalue weighted by Gasteiger charge is -2.31. The van der Waals surface area contributed by atoms with Crippen LogP contribution in [0.4, 0.5) is 49.4 Å². The van der Waals surface area contributed by atoms with Crippen molar-refractivity contribution >= 4 is 217 Å². The van der Waals surface area contributed by atoms with Crippen LogP contribution in [0.2, 0.25) is 0 Å². The van der Waals surface area contributed by atoms with Gasteiger partial charge in [-0.15, -0.1) is 68.0 Å². The zero-order chi connectivity index (χ0) is 104. The Morgan fingerprint density at radius 2 is 0.755 bits per heavy atom. The number of hydrogen-bond donors (Lipinski definition) is 6. The van der Waals surface area contributed by atoms with Crippen molar-refractivity contribution in [1.82, 2.24) is 64.8 Å². The fourth-order valence-electron chi connectivity index (χ4n) is 17.3. The Balaban J connectivity index is 0.000000121. The molecule has 147 heavy (non-hydrogen) atoms. The molecule has 0 radical (unpaired) electrons. The average molecular weight is 2090 g/mol. The van der Waals surface area contributed by atoms with Gasteiger partial charge >= 0.3 is 35.8 Å². The number of aryl methyl sites for hydroxylation is 1. The molecule has 1 saturated heterocycles. The SMILES string of the molecule is CC(C)N(C)c1nc2sc(C(=O)O)cc2nc1-c1ccc2ccccc2c1.CC(C)N(C)c1nc2sc(C(=O)O)cc2nc1-c1cccnc1.CC(C)N(C)c1nc2sc(C(=O)O)cc2nc1C1CCCCC1.CC(C)c1nc2cc(C(=O)O)sc2nc1N1CCCCC1.CN(c1nc2sc(C(=O)O)cc2nc1-c1ccc(F)cc1)C1CC1.O=C(O)c1cc2nc(-c3ccc(F)cc3)c(N3CCCc4ccccc43)nc2s1. The van der Waals surface area contributed by atoms with Gasteiger partial charge in [0.2, 0.25) is 0 Å². The molecule has 0 spiro atoms. The normalized spacial score (nSPS) is 13.6. The van der Waals surface area contributed by atoms with Crippen LogP contribution in [0.25, 0.3) is 118 Å². The van der Waals surface area contributed by atoms with Gasteiger partial charge in [-0.05, 0) is 231 Å². The first-order chi connectivity index (χ1) is 70.6. The van der Waals surface area contributed by atoms with E-state index in [9.17, 15) is 63.1 Å². The fourth-order valence-corrected chi connectivity index (χ4v) is 22.1. The Morgan fingerprint density at radius 3 is 1.22 bits per heavy atom. The average Bonchev–Trinajstić information content (AvgIpc) is 1.74. The van der Waals surface area contributed by atoms with Crippen LogP contribution in [-0.2, 0) is 6.42 Å². The van der Waals surface area contributed by atoms with E-state index in [2.05, 4.69) is 141 Å². The summed E-state index contributed by atoms with van der Waals surface area (Å²) in [7, 11) is 7.94. The summed E-state index contributed by atoms with van der Waals surface area (Å²) in [5, 5.41) is 57.6. The zero-order valence-electron chi connectivity index (χ0n) is 82.6. The molecule has 756 valence electrons. The first-order valence-corrected chi connectivity index (χ1v) is 53.2. The highest BCUT2D eigenvalue weighted by Crippen LogP contribution is 2.45. The third-order valence-corrected chi connectivity index (χ3v) is 31.9. The number of benzene rings is 5. The fraction of sp³-hybridized carbons (Fsp3) is 0.306. The number of nitrogens with zero attached hydrogens (tertiary/aromatic N) is 19. The summed E-state index contributed by atoms with van der Waals surface area (Å²) < 4.78 is 26.7. The van der Waals surface area contributed by atoms with Crippen LogP contribution in [-0.4, -0.2) is 203 Å². The molecule has 2 saturated carbocycles. The van der Waals surface area contributed by atoms with Crippen LogP contribution < -0.4 is 29.4 Å². The van der Waals surface area contributed by atoms with Crippen molar-refractivity contribution in [2.75, 3.05) is 77.2 Å². The number of rotatable bonds is 22. The zero-order valence-corrected chi connectivity index (χ0v) is 87.5. The van der Waals surface area contributed by atoms with Crippen molar-refractivity contribution in [2.45, 2.75) is 168 Å². The van der Waals surface area contributed by atoms with E-state index in [1.165, 1.54) is 103 Å². The molecule has 39 heteroatoms. The maximum atomic E-state index is 13.5. The van der Waals surface area contributed by atoms with Gasteiger partial charge in [0, 0.05) is 118 Å². The molecule has 5 aromatic carbocycles. The Hall–Kier alpha value is -14.8. The van der Waals surface area contributed by atoms with Crippen molar-refractivity contribution < 1.29 is 68.2 Å². The van der Waals surface area contributed by atoms with Gasteiger partial charge in [0.1, 0.15) is 126 Å². The summed E-state index contributed by atoms with van der Waals surface area (Å²) in [6.07, 6.45) is 17.3. The minimum Gasteiger partial charge on any atom is -0.477 e. The summed E-state index contributed by atoms with van der Waals surface area (Å²) in [5.74, 6) is -0.948. The smallest absolute Gasteiger partial charge is 0.346 e. The predicted octanol–water partition coefficient (Wildman–Crippen LogP) is 25.2. The number of aromatic nitrogens is 13. The third kappa shape index (κ3) is 23.5. The monoisotopic (exact) mass is 2090 g/mol. The number of carboxylic acids is 6. The van der Waals surface area contributed by atoms with Crippen molar-refractivity contribution in [2.24, 2.45) is 0 Å². The van der Waals surface area contributed by atoms with Gasteiger partial charge < -0.3 is 60.0 Å². The number of carboxylic acid groups (broad SMARTS) is 6. The van der Waals surface area contributed by atoms with Crippen LogP contribution in [0, 0.1) is 11.6 Å². The second-order valence-electron chi connectivity index (χ2n) is 37.3. The van der Waals surface area contributed by atoms with Crippen molar-refractivity contribution in [3.05, 3.63) is 234 Å². The first-order valence-electron chi connectivity index (χ1n) is 48.3. The highest BCUT2D eigenvalue weighted by atomic mass is 32.1. The Labute approximate surface area is 868 Å². The molecule has 4 aliphatic rings. The first kappa shape index (κ1) is 104. The van der Waals surface area contributed by atoms with Crippen LogP contribution in [0.5, 0.6) is 0 Å². The van der Waals surface area contributed by atoms with E-state index in [-0.39, 0.29) is 49.1 Å². The van der Waals surface area contributed by atoms with E-state index in [0.717, 1.165) is 187 Å². The van der Waals surface area contributed by atoms with Gasteiger partial charge in [0.25, 0.3) is 0 Å². The molecule has 0 unspecified atom stereocenters. The molecule has 15 heterocycles. The maximum absolute atomic E-state index is 13.5. The van der Waals surface area contributed by atoms with Crippen molar-refractivity contribution in [1.29, 1.82) is 0 Å². The second kappa shape index (κ2) is 45.1. The van der Waals surface area contributed by atoms with Gasteiger partial charge in [0.15, 0.2) is 34.9 Å². The van der Waals surface area contributed by atoms with Crippen LogP contribution in [0.15, 0.2) is 176 Å². The third-order valence-electron chi connectivity index (χ3n) is 25.9. The summed E-state index contributed by atoms with van der Waals surface area (Å²) in [4.78, 5) is 147. The number of fused-ring (bicyclic) bond motifs is 8. The standard InChI is InChI=1S/C22H16FN3O2S.C21H19N3O2S.C17H14FN3O2S.C17H23N3O2S.C16H16N4O2S.C15H19N3O2S/c23-15-9-7-14(8-10-15)19-20(25-21-16(24-19)12-18(29-21)22(27)28)26-11-3-5-13-4-1-2-6-17(13)26;1-12(2)24(3)19-18(15-9-8-13-6-4-5-7-14(13)10-15)22-16-11-17(21(25)26)27-20(16)23-19;1-21(11-6-7-11)15-14(9-2-4-10(18)5-3-9)19-12-8-13(17(22)23)24-16(12)20-15;1-10(2)20(3)15-14(11-7-5-4-6-8-11)18-12-9-13(17(21)22)23-16(12)19-15;1-9(2)20(3)14-13(10-5-4-6-17-8-10)18-11-7-12(16(21)22)23-15(11)19-14;1-9(2)12-13(18-6-4-3-5-7-18)17-14-10(16-12)8-11(21-14)15(19)20/h1-2,4,6-10,12H,3,5,11H2,(H,27,28);4-12H,1-3H3,(H,25,26);2-5,8,11H,6-7H2,1H3,(H,22,23);9-11H,4-8H2,1-3H3,(H,21,22);4-9H,1-3H3,(H,21,22);8-9H,3-7H2,1-2H3,(H,19,20). The highest BCUT2D eigenvalue weighted by Gasteiger charge is 2.34. The van der Waals surface area contributed by atoms with E-state index in [4.69, 9.17) is 45.0 Å². The molecular weight excluding hydrogens is 1990 g/mol. The molecule has 18 aromatic rings. The lowest BCUT2D eigenvalue weighted by atomic mass is 9.86. The van der Waals surface area contributed by atoms with Crippen molar-refractivity contribution in [3.8, 4) is 45.0 Å². The van der Waals surface area contributed by atoms with Crippen LogP contribution in [0.3, 0.4) is 0 Å². The number of hydrogen-bond acceptors (Lipinski definition) is 31. The number of para-hydroxylation sites is 1. The van der Waals surface area contributed by atoms with E-state index < -0.39 is 35.8 Å². The van der Waals surface area contributed by atoms with Crippen LogP contribution >= 0.6 is 68.0 Å². The quantitative estimate of drug-likeness (QED) is 0.0367. The Kier molecular flexibility index (Phi) is 31.8. The second-order valence-corrected chi connectivity index (χ2v) is 43.5. The number of piperidine rings is 1. The van der Waals surface area contributed by atoms with Crippen LogP contribution in [0.1, 0.15) is 213 Å².